The van der Waals surface area contributed by atoms with Gasteiger partial charge in [0.15, 0.2) is 0 Å². The number of hydrogen-bond acceptors (Lipinski definition) is 3. The predicted octanol–water partition coefficient (Wildman–Crippen LogP) is 17.7. The molecule has 0 unspecified atom stereocenters. The Kier molecular flexibility index (Phi) is 9.93. The largest absolute Gasteiger partial charge is 0.311 e. The Hall–Kier alpha value is -7.40. The third kappa shape index (κ3) is 6.90. The van der Waals surface area contributed by atoms with E-state index in [4.69, 9.17) is 0 Å². The quantitative estimate of drug-likeness (QED) is 0.128. The van der Waals surface area contributed by atoms with Gasteiger partial charge in [0, 0.05) is 43.1 Å². The molecule has 0 aliphatic carbocycles. The van der Waals surface area contributed by atoms with Crippen LogP contribution >= 0.6 is 11.3 Å². The summed E-state index contributed by atoms with van der Waals surface area (Å²) in [5.74, 6) is 0. The first-order valence-electron chi connectivity index (χ1n) is 25.7. The van der Waals surface area contributed by atoms with Crippen LogP contribution in [0.4, 0.5) is 34.1 Å². The molecule has 2 nitrogen and oxygen atoms in total. The molecule has 0 N–H and O–H groups in total. The van der Waals surface area contributed by atoms with E-state index in [0.717, 1.165) is 0 Å². The van der Waals surface area contributed by atoms with Gasteiger partial charge in [0.2, 0.25) is 0 Å². The van der Waals surface area contributed by atoms with Gasteiger partial charge in [-0.05, 0) is 142 Å². The van der Waals surface area contributed by atoms with Crippen LogP contribution in [0.2, 0.25) is 0 Å². The molecule has 2 aliphatic heterocycles. The number of rotatable bonds is 4. The minimum absolute atomic E-state index is 0.00740. The molecular formula is C68H59BN2S. The highest BCUT2D eigenvalue weighted by Crippen LogP contribution is 2.52. The Morgan fingerprint density at radius 3 is 1.53 bits per heavy atom. The van der Waals surface area contributed by atoms with Crippen LogP contribution in [0.15, 0.2) is 194 Å². The molecule has 0 radical (unpaired) electrons. The van der Waals surface area contributed by atoms with Crippen molar-refractivity contribution in [1.82, 2.24) is 0 Å². The molecule has 0 spiro atoms. The second-order valence-corrected chi connectivity index (χ2v) is 24.4. The Morgan fingerprint density at radius 2 is 0.861 bits per heavy atom. The fourth-order valence-corrected chi connectivity index (χ4v) is 13.2. The van der Waals surface area contributed by atoms with Gasteiger partial charge in [-0.15, -0.1) is 11.3 Å². The van der Waals surface area contributed by atoms with Gasteiger partial charge in [0.05, 0.1) is 17.1 Å². The van der Waals surface area contributed by atoms with Crippen LogP contribution in [0.1, 0.15) is 79.0 Å². The number of fused-ring (bicyclic) bond motifs is 12. The van der Waals surface area contributed by atoms with Crippen LogP contribution in [-0.4, -0.2) is 6.71 Å². The van der Waals surface area contributed by atoms with Crippen molar-refractivity contribution in [2.45, 2.75) is 78.6 Å². The van der Waals surface area contributed by atoms with Crippen LogP contribution in [0.3, 0.4) is 0 Å². The van der Waals surface area contributed by atoms with E-state index in [1.54, 1.807) is 0 Å². The smallest absolute Gasteiger partial charge is 0.264 e. The number of anilines is 6. The van der Waals surface area contributed by atoms with E-state index in [0.29, 0.717) is 0 Å². The molecule has 0 saturated carbocycles. The van der Waals surface area contributed by atoms with Crippen LogP contribution in [0, 0.1) is 0 Å². The molecule has 0 atom stereocenters. The van der Waals surface area contributed by atoms with Crippen molar-refractivity contribution in [3.8, 4) is 22.3 Å². The summed E-state index contributed by atoms with van der Waals surface area (Å²) < 4.78 is 2.71. The first kappa shape index (κ1) is 44.5. The van der Waals surface area contributed by atoms with Crippen molar-refractivity contribution >= 4 is 110 Å². The molecule has 2 aliphatic rings. The summed E-state index contributed by atoms with van der Waals surface area (Å²) in [4.78, 5) is 5.26. The topological polar surface area (TPSA) is 6.48 Å². The van der Waals surface area contributed by atoms with Gasteiger partial charge < -0.3 is 9.80 Å². The monoisotopic (exact) mass is 946 g/mol. The van der Waals surface area contributed by atoms with Gasteiger partial charge in [0.25, 0.3) is 6.71 Å². The fourth-order valence-electron chi connectivity index (χ4n) is 11.9. The zero-order valence-electron chi connectivity index (χ0n) is 42.9. The van der Waals surface area contributed by atoms with E-state index in [2.05, 4.69) is 266 Å². The summed E-state index contributed by atoms with van der Waals surface area (Å²) in [6.07, 6.45) is 0. The minimum Gasteiger partial charge on any atom is -0.311 e. The number of benzene rings is 10. The standard InChI is InChI=1S/C68H59BN2S/c1-66(2,3)44-31-35-58(53(39-44)43-30-34-52-50-25-14-13-23-48(50)49-24-15-16-26-51(49)54(52)38-43)70-59-36-32-46(68(7,8)9)41-56(59)69-63-60(70)28-19-29-61(63)71(57-27-18-17-22-47(57)42-20-11-10-12-21-42)64-55-40-45(67(4,5)6)33-37-62(55)72-65(64)69/h10-41H,1-9H3. The zero-order chi connectivity index (χ0) is 49.4. The Labute approximate surface area is 429 Å². The second-order valence-electron chi connectivity index (χ2n) is 23.3. The van der Waals surface area contributed by atoms with E-state index < -0.39 is 0 Å². The van der Waals surface area contributed by atoms with Gasteiger partial charge >= 0.3 is 0 Å². The first-order valence-corrected chi connectivity index (χ1v) is 26.5. The molecule has 3 heterocycles. The van der Waals surface area contributed by atoms with Crippen LogP contribution < -0.4 is 25.5 Å². The number of hydrogen-bond donors (Lipinski definition) is 0. The molecule has 4 heteroatoms. The Balaban J connectivity index is 1.13. The average Bonchev–Trinajstić information content (AvgIpc) is 3.76. The lowest BCUT2D eigenvalue weighted by Gasteiger charge is -2.44. The highest BCUT2D eigenvalue weighted by molar-refractivity contribution is 7.33. The summed E-state index contributed by atoms with van der Waals surface area (Å²) in [5.41, 5.74) is 18.7. The van der Waals surface area contributed by atoms with Gasteiger partial charge in [-0.2, -0.15) is 0 Å². The number of thiophene rings is 1. The number of para-hydroxylation sites is 1. The molecule has 0 fully saturated rings. The summed E-state index contributed by atoms with van der Waals surface area (Å²) in [6.45, 7) is 21.1. The summed E-state index contributed by atoms with van der Waals surface area (Å²) in [7, 11) is 0. The highest BCUT2D eigenvalue weighted by Gasteiger charge is 2.46. The van der Waals surface area contributed by atoms with Gasteiger partial charge in [-0.1, -0.05) is 202 Å². The van der Waals surface area contributed by atoms with E-state index in [1.807, 2.05) is 11.3 Å². The van der Waals surface area contributed by atoms with Crippen molar-refractivity contribution < 1.29 is 0 Å². The van der Waals surface area contributed by atoms with Crippen molar-refractivity contribution in [3.05, 3.63) is 211 Å². The van der Waals surface area contributed by atoms with Crippen molar-refractivity contribution in [1.29, 1.82) is 0 Å². The number of nitrogens with zero attached hydrogens (tertiary/aromatic N) is 2. The third-order valence-electron chi connectivity index (χ3n) is 15.7. The second kappa shape index (κ2) is 16.1. The molecular weight excluding hydrogens is 888 g/mol. The lowest BCUT2D eigenvalue weighted by atomic mass is 9.36. The van der Waals surface area contributed by atoms with Crippen LogP contribution in [-0.2, 0) is 16.2 Å². The van der Waals surface area contributed by atoms with E-state index in [1.165, 1.54) is 131 Å². The molecule has 0 bridgehead atoms. The lowest BCUT2D eigenvalue weighted by molar-refractivity contribution is 0.590. The normalized spacial score (nSPS) is 13.5. The van der Waals surface area contributed by atoms with Gasteiger partial charge in [-0.3, -0.25) is 0 Å². The van der Waals surface area contributed by atoms with Gasteiger partial charge in [-0.25, -0.2) is 0 Å². The molecule has 11 aromatic rings. The van der Waals surface area contributed by atoms with Crippen molar-refractivity contribution in [2.24, 2.45) is 0 Å². The van der Waals surface area contributed by atoms with Crippen LogP contribution in [0.5, 0.6) is 0 Å². The zero-order valence-corrected chi connectivity index (χ0v) is 43.7. The SMILES string of the molecule is CC(C)(C)c1ccc2c(c1)B1c3sc4ccc(C(C)(C)C)cc4c3N(c3ccccc3-c3ccccc3)c3cccc(c31)N2c1ccc(C(C)(C)C)cc1-c1ccc2c3ccccc3c3ccccc3c2c1. The van der Waals surface area contributed by atoms with E-state index in [9.17, 15) is 0 Å². The maximum atomic E-state index is 2.64. The van der Waals surface area contributed by atoms with Crippen molar-refractivity contribution in [2.75, 3.05) is 9.80 Å². The van der Waals surface area contributed by atoms with Crippen LogP contribution in [0.25, 0.3) is 64.7 Å². The molecule has 350 valence electrons. The maximum Gasteiger partial charge on any atom is 0.264 e. The molecule has 0 amide bonds. The Bertz CT molecular complexity index is 3970. The maximum absolute atomic E-state index is 2.64. The molecule has 10 aromatic carbocycles. The first-order chi connectivity index (χ1) is 34.6. The molecule has 0 saturated heterocycles. The predicted molar refractivity (Wildman–Crippen MR) is 315 cm³/mol. The highest BCUT2D eigenvalue weighted by atomic mass is 32.1. The lowest BCUT2D eigenvalue weighted by Crippen LogP contribution is -2.60. The van der Waals surface area contributed by atoms with E-state index >= 15 is 0 Å². The molecule has 72 heavy (non-hydrogen) atoms. The van der Waals surface area contributed by atoms with E-state index in [-0.39, 0.29) is 23.0 Å². The molecule has 1 aromatic heterocycles. The summed E-state index contributed by atoms with van der Waals surface area (Å²) in [5, 5.41) is 9.03. The minimum atomic E-state index is -0.0669. The fraction of sp³-hybridized carbons (Fsp3) is 0.176. The average molecular weight is 947 g/mol. The Morgan fingerprint density at radius 1 is 0.347 bits per heavy atom. The van der Waals surface area contributed by atoms with Gasteiger partial charge in [0.1, 0.15) is 0 Å². The molecule has 13 rings (SSSR count). The third-order valence-corrected chi connectivity index (χ3v) is 16.9. The summed E-state index contributed by atoms with van der Waals surface area (Å²) in [6, 6.07) is 74.1. The summed E-state index contributed by atoms with van der Waals surface area (Å²) >= 11 is 1.98. The van der Waals surface area contributed by atoms with Crippen molar-refractivity contribution in [3.63, 3.8) is 0 Å².